The maximum absolute atomic E-state index is 11.4. The summed E-state index contributed by atoms with van der Waals surface area (Å²) >= 11 is 0. The van der Waals surface area contributed by atoms with E-state index in [4.69, 9.17) is 10.2 Å². The van der Waals surface area contributed by atoms with Gasteiger partial charge < -0.3 is 20.4 Å². The summed E-state index contributed by atoms with van der Waals surface area (Å²) in [4.78, 5) is 21.2. The standard InChI is InChI=1S/C15H20N6O3/c1-10-4-2-6-20(9-10)14-12(21(22)23)13(16)18-15(19-14)17-8-11-5-3-7-24-11/h3,5,7,10H,2,4,6,8-9H2,1H3,(H3,16,17,18,19)/t10-/m1/s1. The van der Waals surface area contributed by atoms with Crippen molar-refractivity contribution in [2.24, 2.45) is 5.92 Å². The summed E-state index contributed by atoms with van der Waals surface area (Å²) in [5.41, 5.74) is 5.60. The number of nitrogens with zero attached hydrogens (tertiary/aromatic N) is 4. The first kappa shape index (κ1) is 16.0. The molecule has 1 atom stereocenters. The minimum Gasteiger partial charge on any atom is -0.467 e. The number of rotatable bonds is 5. The number of nitrogens with two attached hydrogens (primary N) is 1. The Kier molecular flexibility index (Phi) is 4.50. The Morgan fingerprint density at radius 1 is 1.54 bits per heavy atom. The van der Waals surface area contributed by atoms with Crippen LogP contribution in [0.25, 0.3) is 0 Å². The van der Waals surface area contributed by atoms with E-state index < -0.39 is 4.92 Å². The van der Waals surface area contributed by atoms with Gasteiger partial charge in [-0.3, -0.25) is 10.1 Å². The van der Waals surface area contributed by atoms with Crippen LogP contribution in [0.4, 0.5) is 23.3 Å². The molecular weight excluding hydrogens is 312 g/mol. The van der Waals surface area contributed by atoms with Crippen molar-refractivity contribution >= 4 is 23.3 Å². The van der Waals surface area contributed by atoms with Crippen LogP contribution >= 0.6 is 0 Å². The lowest BCUT2D eigenvalue weighted by Crippen LogP contribution is -2.35. The maximum atomic E-state index is 11.4. The third-order valence-electron chi connectivity index (χ3n) is 4.03. The van der Waals surface area contributed by atoms with E-state index >= 15 is 0 Å². The van der Waals surface area contributed by atoms with Crippen LogP contribution in [0.5, 0.6) is 0 Å². The fourth-order valence-electron chi connectivity index (χ4n) is 2.90. The van der Waals surface area contributed by atoms with E-state index in [0.29, 0.717) is 18.2 Å². The molecule has 0 amide bonds. The molecule has 9 heteroatoms. The molecule has 1 saturated heterocycles. The summed E-state index contributed by atoms with van der Waals surface area (Å²) < 4.78 is 5.24. The Morgan fingerprint density at radius 3 is 3.04 bits per heavy atom. The van der Waals surface area contributed by atoms with Gasteiger partial charge in [0.05, 0.1) is 17.7 Å². The number of aromatic nitrogens is 2. The van der Waals surface area contributed by atoms with Crippen molar-refractivity contribution in [2.75, 3.05) is 29.0 Å². The molecule has 0 aliphatic carbocycles. The molecule has 2 aromatic rings. The lowest BCUT2D eigenvalue weighted by atomic mass is 10.0. The largest absolute Gasteiger partial charge is 0.467 e. The summed E-state index contributed by atoms with van der Waals surface area (Å²) in [6, 6.07) is 3.59. The second-order valence-corrected chi connectivity index (χ2v) is 5.99. The molecule has 2 aromatic heterocycles. The van der Waals surface area contributed by atoms with Crippen molar-refractivity contribution in [3.63, 3.8) is 0 Å². The molecule has 24 heavy (non-hydrogen) atoms. The number of nitrogen functional groups attached to an aromatic ring is 1. The van der Waals surface area contributed by atoms with Crippen molar-refractivity contribution in [3.05, 3.63) is 34.3 Å². The second kappa shape index (κ2) is 6.73. The van der Waals surface area contributed by atoms with Gasteiger partial charge in [0.1, 0.15) is 5.76 Å². The van der Waals surface area contributed by atoms with Crippen molar-refractivity contribution in [2.45, 2.75) is 26.3 Å². The van der Waals surface area contributed by atoms with Crippen LogP contribution in [-0.4, -0.2) is 28.0 Å². The zero-order chi connectivity index (χ0) is 17.1. The Morgan fingerprint density at radius 2 is 2.38 bits per heavy atom. The van der Waals surface area contributed by atoms with Crippen LogP contribution < -0.4 is 16.0 Å². The molecule has 0 saturated carbocycles. The summed E-state index contributed by atoms with van der Waals surface area (Å²) in [6.07, 6.45) is 3.65. The van der Waals surface area contributed by atoms with Gasteiger partial charge in [0, 0.05) is 13.1 Å². The topological polar surface area (TPSA) is 123 Å². The van der Waals surface area contributed by atoms with Crippen molar-refractivity contribution in [1.82, 2.24) is 9.97 Å². The van der Waals surface area contributed by atoms with Gasteiger partial charge in [0.25, 0.3) is 0 Å². The van der Waals surface area contributed by atoms with Crippen molar-refractivity contribution in [3.8, 4) is 0 Å². The Bertz CT molecular complexity index is 718. The van der Waals surface area contributed by atoms with Crippen LogP contribution in [0.3, 0.4) is 0 Å². The third-order valence-corrected chi connectivity index (χ3v) is 4.03. The molecular formula is C15H20N6O3. The van der Waals surface area contributed by atoms with Gasteiger partial charge >= 0.3 is 5.69 Å². The number of hydrogen-bond donors (Lipinski definition) is 2. The highest BCUT2D eigenvalue weighted by molar-refractivity contribution is 5.71. The van der Waals surface area contributed by atoms with Crippen molar-refractivity contribution < 1.29 is 9.34 Å². The predicted octanol–water partition coefficient (Wildman–Crippen LogP) is 2.41. The number of nitro groups is 1. The third kappa shape index (κ3) is 3.39. The smallest absolute Gasteiger partial charge is 0.353 e. The average Bonchev–Trinajstić information content (AvgIpc) is 3.05. The van der Waals surface area contributed by atoms with E-state index in [-0.39, 0.29) is 23.3 Å². The minimum absolute atomic E-state index is 0.134. The first-order chi connectivity index (χ1) is 11.5. The highest BCUT2D eigenvalue weighted by Gasteiger charge is 2.29. The van der Waals surface area contributed by atoms with Gasteiger partial charge in [0.2, 0.25) is 17.6 Å². The molecule has 0 unspecified atom stereocenters. The van der Waals surface area contributed by atoms with Gasteiger partial charge in [0.15, 0.2) is 0 Å². The highest BCUT2D eigenvalue weighted by atomic mass is 16.6. The summed E-state index contributed by atoms with van der Waals surface area (Å²) in [6.45, 7) is 3.94. The number of anilines is 3. The average molecular weight is 332 g/mol. The summed E-state index contributed by atoms with van der Waals surface area (Å²) in [7, 11) is 0. The van der Waals surface area contributed by atoms with Crippen LogP contribution in [0.15, 0.2) is 22.8 Å². The molecule has 3 rings (SSSR count). The van der Waals surface area contributed by atoms with E-state index in [0.717, 1.165) is 25.9 Å². The second-order valence-electron chi connectivity index (χ2n) is 5.99. The molecule has 1 aliphatic rings. The van der Waals surface area contributed by atoms with Crippen LogP contribution in [0, 0.1) is 16.0 Å². The number of furan rings is 1. The summed E-state index contributed by atoms with van der Waals surface area (Å²) in [5.74, 6) is 1.56. The lowest BCUT2D eigenvalue weighted by Gasteiger charge is -2.31. The Hall–Kier alpha value is -2.84. The fraction of sp³-hybridized carbons (Fsp3) is 0.467. The van der Waals surface area contributed by atoms with Gasteiger partial charge in [-0.15, -0.1) is 0 Å². The van der Waals surface area contributed by atoms with E-state index in [9.17, 15) is 10.1 Å². The minimum atomic E-state index is -0.514. The van der Waals surface area contributed by atoms with Gasteiger partial charge in [-0.25, -0.2) is 0 Å². The molecule has 3 heterocycles. The van der Waals surface area contributed by atoms with Gasteiger partial charge in [-0.2, -0.15) is 9.97 Å². The summed E-state index contributed by atoms with van der Waals surface area (Å²) in [5, 5.41) is 14.4. The number of nitrogens with one attached hydrogen (secondary N) is 1. The molecule has 128 valence electrons. The van der Waals surface area contributed by atoms with E-state index in [1.807, 2.05) is 11.0 Å². The quantitative estimate of drug-likeness (QED) is 0.632. The molecule has 9 nitrogen and oxygen atoms in total. The SMILES string of the molecule is C[C@@H]1CCCN(c2nc(NCc3ccco3)nc(N)c2[N+](=O)[O-])C1. The lowest BCUT2D eigenvalue weighted by molar-refractivity contribution is -0.383. The van der Waals surface area contributed by atoms with Gasteiger partial charge in [-0.1, -0.05) is 6.92 Å². The molecule has 0 spiro atoms. The maximum Gasteiger partial charge on any atom is 0.353 e. The Balaban J connectivity index is 1.89. The molecule has 3 N–H and O–H groups in total. The van der Waals surface area contributed by atoms with E-state index in [2.05, 4.69) is 22.2 Å². The molecule has 1 fully saturated rings. The van der Waals surface area contributed by atoms with E-state index in [1.165, 1.54) is 0 Å². The monoisotopic (exact) mass is 332 g/mol. The molecule has 0 radical (unpaired) electrons. The molecule has 1 aliphatic heterocycles. The van der Waals surface area contributed by atoms with E-state index in [1.54, 1.807) is 12.3 Å². The first-order valence-electron chi connectivity index (χ1n) is 7.87. The predicted molar refractivity (Wildman–Crippen MR) is 89.7 cm³/mol. The zero-order valence-corrected chi connectivity index (χ0v) is 13.4. The number of piperidine rings is 1. The molecule has 0 aromatic carbocycles. The van der Waals surface area contributed by atoms with Crippen molar-refractivity contribution in [1.29, 1.82) is 0 Å². The fourth-order valence-corrected chi connectivity index (χ4v) is 2.90. The number of hydrogen-bond acceptors (Lipinski definition) is 8. The zero-order valence-electron chi connectivity index (χ0n) is 13.4. The highest BCUT2D eigenvalue weighted by Crippen LogP contribution is 2.34. The molecule has 0 bridgehead atoms. The van der Waals surface area contributed by atoms with Crippen LogP contribution in [0.1, 0.15) is 25.5 Å². The van der Waals surface area contributed by atoms with Gasteiger partial charge in [-0.05, 0) is 30.9 Å². The van der Waals surface area contributed by atoms with Crippen LogP contribution in [0.2, 0.25) is 0 Å². The normalized spacial score (nSPS) is 17.7. The first-order valence-corrected chi connectivity index (χ1v) is 7.87. The Labute approximate surface area is 139 Å². The van der Waals surface area contributed by atoms with Crippen LogP contribution in [-0.2, 0) is 6.54 Å².